The monoisotopic (exact) mass is 211 g/mol. The van der Waals surface area contributed by atoms with Gasteiger partial charge in [-0.1, -0.05) is 12.1 Å². The first-order chi connectivity index (χ1) is 7.78. The average Bonchev–Trinajstić information content (AvgIpc) is 2.64. The van der Waals surface area contributed by atoms with E-state index in [4.69, 9.17) is 0 Å². The average molecular weight is 211 g/mol. The van der Waals surface area contributed by atoms with Crippen LogP contribution in [-0.4, -0.2) is 5.11 Å². The van der Waals surface area contributed by atoms with Gasteiger partial charge in [0.1, 0.15) is 11.4 Å². The number of nitroso groups, excluding NO2 is 1. The Bertz CT molecular complexity index is 590. The molecule has 3 heteroatoms. The number of hydrogen-bond donors (Lipinski definition) is 1. The number of rotatable bonds is 1. The molecule has 0 heterocycles. The van der Waals surface area contributed by atoms with E-state index < -0.39 is 0 Å². The van der Waals surface area contributed by atoms with Crippen molar-refractivity contribution in [2.75, 3.05) is 0 Å². The van der Waals surface area contributed by atoms with Crippen molar-refractivity contribution < 1.29 is 5.11 Å². The van der Waals surface area contributed by atoms with Crippen molar-refractivity contribution in [3.8, 4) is 16.9 Å². The normalized spacial score (nSPS) is 12.0. The molecule has 0 atom stereocenters. The minimum Gasteiger partial charge on any atom is -0.508 e. The number of fused-ring (bicyclic) bond motifs is 3. The van der Waals surface area contributed by atoms with Gasteiger partial charge in [0, 0.05) is 0 Å². The van der Waals surface area contributed by atoms with E-state index in [2.05, 4.69) is 5.18 Å². The SMILES string of the molecule is O=Nc1ccc2c(c1)Cc1cc(O)ccc1-2. The lowest BCUT2D eigenvalue weighted by Crippen LogP contribution is -1.79. The zero-order valence-electron chi connectivity index (χ0n) is 8.47. The van der Waals surface area contributed by atoms with Crippen LogP contribution >= 0.6 is 0 Å². The number of nitrogens with zero attached hydrogens (tertiary/aromatic N) is 1. The topological polar surface area (TPSA) is 49.7 Å². The van der Waals surface area contributed by atoms with E-state index in [1.54, 1.807) is 24.3 Å². The highest BCUT2D eigenvalue weighted by Gasteiger charge is 2.18. The van der Waals surface area contributed by atoms with Crippen molar-refractivity contribution in [3.63, 3.8) is 0 Å². The Morgan fingerprint density at radius 1 is 1.00 bits per heavy atom. The summed E-state index contributed by atoms with van der Waals surface area (Å²) in [5.41, 5.74) is 4.90. The molecule has 2 aromatic rings. The summed E-state index contributed by atoms with van der Waals surface area (Å²) in [7, 11) is 0. The van der Waals surface area contributed by atoms with Gasteiger partial charge in [-0.3, -0.25) is 0 Å². The van der Waals surface area contributed by atoms with Gasteiger partial charge in [-0.25, -0.2) is 0 Å². The number of phenolic OH excluding ortho intramolecular Hbond substituents is 1. The Labute approximate surface area is 92.3 Å². The van der Waals surface area contributed by atoms with Gasteiger partial charge in [0.2, 0.25) is 0 Å². The molecule has 0 bridgehead atoms. The van der Waals surface area contributed by atoms with E-state index in [1.165, 1.54) is 0 Å². The van der Waals surface area contributed by atoms with Crippen molar-refractivity contribution >= 4 is 5.69 Å². The Morgan fingerprint density at radius 2 is 1.69 bits per heavy atom. The van der Waals surface area contributed by atoms with Crippen LogP contribution in [0.5, 0.6) is 5.75 Å². The van der Waals surface area contributed by atoms with Crippen molar-refractivity contribution in [1.29, 1.82) is 0 Å². The largest absolute Gasteiger partial charge is 0.508 e. The summed E-state index contributed by atoms with van der Waals surface area (Å²) in [6.07, 6.45) is 0.752. The Balaban J connectivity index is 2.19. The number of aromatic hydroxyl groups is 1. The molecule has 0 saturated heterocycles. The molecule has 3 nitrogen and oxygen atoms in total. The molecule has 1 aliphatic rings. The minimum absolute atomic E-state index is 0.278. The molecule has 16 heavy (non-hydrogen) atoms. The van der Waals surface area contributed by atoms with Gasteiger partial charge >= 0.3 is 0 Å². The van der Waals surface area contributed by atoms with E-state index in [-0.39, 0.29) is 5.75 Å². The quantitative estimate of drug-likeness (QED) is 0.627. The highest BCUT2D eigenvalue weighted by Crippen LogP contribution is 2.39. The third kappa shape index (κ3) is 1.21. The summed E-state index contributed by atoms with van der Waals surface area (Å²) in [6.45, 7) is 0. The molecular formula is C13H9NO2. The van der Waals surface area contributed by atoms with Crippen LogP contribution in [0.15, 0.2) is 41.6 Å². The molecule has 2 aromatic carbocycles. The van der Waals surface area contributed by atoms with Crippen LogP contribution in [0.1, 0.15) is 11.1 Å². The standard InChI is InChI=1S/C13H9NO2/c15-11-2-4-13-9(7-11)5-8-6-10(14-16)1-3-12(8)13/h1-4,6-7,15H,5H2. The summed E-state index contributed by atoms with van der Waals surface area (Å²) < 4.78 is 0. The van der Waals surface area contributed by atoms with Gasteiger partial charge in [-0.2, -0.15) is 0 Å². The maximum absolute atomic E-state index is 10.4. The van der Waals surface area contributed by atoms with Crippen LogP contribution in [0.4, 0.5) is 5.69 Å². The smallest absolute Gasteiger partial charge is 0.115 e. The molecule has 0 radical (unpaired) electrons. The first kappa shape index (κ1) is 9.09. The van der Waals surface area contributed by atoms with Gasteiger partial charge in [0.25, 0.3) is 0 Å². The minimum atomic E-state index is 0.278. The van der Waals surface area contributed by atoms with Crippen LogP contribution in [0.25, 0.3) is 11.1 Å². The molecule has 0 aromatic heterocycles. The first-order valence-corrected chi connectivity index (χ1v) is 5.06. The van der Waals surface area contributed by atoms with Crippen molar-refractivity contribution in [3.05, 3.63) is 52.4 Å². The van der Waals surface area contributed by atoms with Crippen LogP contribution in [0.3, 0.4) is 0 Å². The summed E-state index contributed by atoms with van der Waals surface area (Å²) in [5.74, 6) is 0.278. The van der Waals surface area contributed by atoms with E-state index in [9.17, 15) is 10.0 Å². The van der Waals surface area contributed by atoms with E-state index in [0.29, 0.717) is 5.69 Å². The zero-order valence-corrected chi connectivity index (χ0v) is 8.47. The number of benzene rings is 2. The fraction of sp³-hybridized carbons (Fsp3) is 0.0769. The van der Waals surface area contributed by atoms with Crippen LogP contribution in [-0.2, 0) is 6.42 Å². The Morgan fingerprint density at radius 3 is 2.44 bits per heavy atom. The van der Waals surface area contributed by atoms with E-state index >= 15 is 0 Å². The second kappa shape index (κ2) is 3.17. The van der Waals surface area contributed by atoms with Crippen molar-refractivity contribution in [1.82, 2.24) is 0 Å². The molecule has 0 spiro atoms. The Kier molecular flexibility index (Phi) is 1.80. The van der Waals surface area contributed by atoms with Crippen LogP contribution in [0, 0.1) is 4.91 Å². The summed E-state index contributed by atoms with van der Waals surface area (Å²) >= 11 is 0. The van der Waals surface area contributed by atoms with Gasteiger partial charge in [-0.15, -0.1) is 4.91 Å². The summed E-state index contributed by atoms with van der Waals surface area (Å²) in [4.78, 5) is 10.4. The number of hydrogen-bond acceptors (Lipinski definition) is 3. The maximum atomic E-state index is 10.4. The van der Waals surface area contributed by atoms with Crippen molar-refractivity contribution in [2.24, 2.45) is 5.18 Å². The maximum Gasteiger partial charge on any atom is 0.115 e. The molecule has 0 amide bonds. The Hall–Kier alpha value is -2.16. The summed E-state index contributed by atoms with van der Waals surface area (Å²) in [6, 6.07) is 10.8. The molecule has 0 aliphatic heterocycles. The van der Waals surface area contributed by atoms with Crippen LogP contribution in [0.2, 0.25) is 0 Å². The lowest BCUT2D eigenvalue weighted by Gasteiger charge is -2.00. The van der Waals surface area contributed by atoms with Gasteiger partial charge in [-0.05, 0) is 58.1 Å². The molecule has 3 rings (SSSR count). The van der Waals surface area contributed by atoms with Gasteiger partial charge < -0.3 is 5.11 Å². The first-order valence-electron chi connectivity index (χ1n) is 5.06. The molecular weight excluding hydrogens is 202 g/mol. The third-order valence-electron chi connectivity index (χ3n) is 2.95. The van der Waals surface area contributed by atoms with Crippen molar-refractivity contribution in [2.45, 2.75) is 6.42 Å². The van der Waals surface area contributed by atoms with Gasteiger partial charge in [0.15, 0.2) is 0 Å². The van der Waals surface area contributed by atoms with E-state index in [0.717, 1.165) is 28.7 Å². The fourth-order valence-electron chi connectivity index (χ4n) is 2.24. The molecule has 0 saturated carbocycles. The predicted octanol–water partition coefficient (Wildman–Crippen LogP) is 3.36. The molecule has 1 aliphatic carbocycles. The second-order valence-corrected chi connectivity index (χ2v) is 3.95. The second-order valence-electron chi connectivity index (χ2n) is 3.95. The predicted molar refractivity (Wildman–Crippen MR) is 61.8 cm³/mol. The lowest BCUT2D eigenvalue weighted by atomic mass is 10.1. The van der Waals surface area contributed by atoms with Gasteiger partial charge in [0.05, 0.1) is 0 Å². The molecule has 0 fully saturated rings. The highest BCUT2D eigenvalue weighted by atomic mass is 16.3. The third-order valence-corrected chi connectivity index (χ3v) is 2.95. The van der Waals surface area contributed by atoms with Crippen LogP contribution < -0.4 is 0 Å². The lowest BCUT2D eigenvalue weighted by molar-refractivity contribution is 0.475. The van der Waals surface area contributed by atoms with E-state index in [1.807, 2.05) is 12.1 Å². The fourth-order valence-corrected chi connectivity index (χ4v) is 2.24. The highest BCUT2D eigenvalue weighted by molar-refractivity contribution is 5.78. The number of phenols is 1. The molecule has 1 N–H and O–H groups in total. The molecule has 0 unspecified atom stereocenters. The molecule has 78 valence electrons. The summed E-state index contributed by atoms with van der Waals surface area (Å²) in [5, 5.41) is 12.3. The zero-order chi connectivity index (χ0) is 11.1.